The van der Waals surface area contributed by atoms with E-state index in [1.165, 1.54) is 0 Å². The van der Waals surface area contributed by atoms with Crippen LogP contribution in [0.5, 0.6) is 5.75 Å². The number of aliphatic hydroxyl groups is 1. The Kier molecular flexibility index (Phi) is 5.47. The lowest BCUT2D eigenvalue weighted by molar-refractivity contribution is 0.0773. The standard InChI is InChI=1S/C13H17NO3/c1-10-8-11(4-5-12(10)16-2)13(9-14)17-7-3-6-15/h4-5,8,13,15H,3,6-7H2,1-2H3. The van der Waals surface area contributed by atoms with Crippen LogP contribution in [-0.2, 0) is 4.74 Å². The Morgan fingerprint density at radius 1 is 1.47 bits per heavy atom. The fourth-order valence-electron chi connectivity index (χ4n) is 1.54. The van der Waals surface area contributed by atoms with Crippen molar-refractivity contribution in [2.75, 3.05) is 20.3 Å². The summed E-state index contributed by atoms with van der Waals surface area (Å²) in [5, 5.41) is 17.7. The van der Waals surface area contributed by atoms with Crippen molar-refractivity contribution in [2.45, 2.75) is 19.4 Å². The maximum atomic E-state index is 9.03. The molecular formula is C13H17NO3. The van der Waals surface area contributed by atoms with Gasteiger partial charge in [0.2, 0.25) is 0 Å². The van der Waals surface area contributed by atoms with Crippen molar-refractivity contribution in [3.8, 4) is 11.8 Å². The minimum atomic E-state index is -0.592. The molecule has 0 aliphatic carbocycles. The summed E-state index contributed by atoms with van der Waals surface area (Å²) in [5.41, 5.74) is 1.78. The predicted molar refractivity (Wildman–Crippen MR) is 63.7 cm³/mol. The lowest BCUT2D eigenvalue weighted by Crippen LogP contribution is -2.05. The van der Waals surface area contributed by atoms with Gasteiger partial charge in [0.25, 0.3) is 0 Å². The summed E-state index contributed by atoms with van der Waals surface area (Å²) in [5.74, 6) is 0.792. The van der Waals surface area contributed by atoms with Gasteiger partial charge in [0.1, 0.15) is 5.75 Å². The number of aliphatic hydroxyl groups excluding tert-OH is 1. The van der Waals surface area contributed by atoms with Crippen LogP contribution in [0.2, 0.25) is 0 Å². The summed E-state index contributed by atoms with van der Waals surface area (Å²) in [6.07, 6.45) is -0.0565. The van der Waals surface area contributed by atoms with E-state index >= 15 is 0 Å². The predicted octanol–water partition coefficient (Wildman–Crippen LogP) is 1.97. The fourth-order valence-corrected chi connectivity index (χ4v) is 1.54. The molecule has 4 nitrogen and oxygen atoms in total. The van der Waals surface area contributed by atoms with Gasteiger partial charge in [-0.3, -0.25) is 0 Å². The van der Waals surface area contributed by atoms with Gasteiger partial charge in [-0.15, -0.1) is 0 Å². The van der Waals surface area contributed by atoms with Gasteiger partial charge in [-0.2, -0.15) is 5.26 Å². The molecule has 1 N–H and O–H groups in total. The molecule has 1 atom stereocenters. The molecule has 92 valence electrons. The Bertz CT molecular complexity index is 398. The zero-order valence-corrected chi connectivity index (χ0v) is 10.1. The minimum absolute atomic E-state index is 0.0692. The quantitative estimate of drug-likeness (QED) is 0.766. The van der Waals surface area contributed by atoms with Crippen molar-refractivity contribution in [1.29, 1.82) is 5.26 Å². The van der Waals surface area contributed by atoms with E-state index in [0.717, 1.165) is 16.9 Å². The minimum Gasteiger partial charge on any atom is -0.496 e. The van der Waals surface area contributed by atoms with Crippen LogP contribution in [0.4, 0.5) is 0 Å². The average Bonchev–Trinajstić information content (AvgIpc) is 2.35. The molecule has 17 heavy (non-hydrogen) atoms. The summed E-state index contributed by atoms with van der Waals surface area (Å²) in [4.78, 5) is 0. The Labute approximate surface area is 101 Å². The topological polar surface area (TPSA) is 62.5 Å². The molecule has 0 aliphatic rings. The molecule has 0 saturated carbocycles. The van der Waals surface area contributed by atoms with Gasteiger partial charge < -0.3 is 14.6 Å². The maximum absolute atomic E-state index is 9.03. The first-order valence-electron chi connectivity index (χ1n) is 5.49. The molecule has 1 rings (SSSR count). The Morgan fingerprint density at radius 2 is 2.24 bits per heavy atom. The number of benzene rings is 1. The van der Waals surface area contributed by atoms with Crippen LogP contribution in [0, 0.1) is 18.3 Å². The zero-order valence-electron chi connectivity index (χ0n) is 10.1. The number of nitrogens with zero attached hydrogens (tertiary/aromatic N) is 1. The van der Waals surface area contributed by atoms with Gasteiger partial charge >= 0.3 is 0 Å². The summed E-state index contributed by atoms with van der Waals surface area (Å²) >= 11 is 0. The number of nitriles is 1. The number of methoxy groups -OCH3 is 1. The third-order valence-electron chi connectivity index (χ3n) is 2.43. The van der Waals surface area contributed by atoms with Crippen LogP contribution in [0.15, 0.2) is 18.2 Å². The Hall–Kier alpha value is -1.57. The highest BCUT2D eigenvalue weighted by Gasteiger charge is 2.12. The first kappa shape index (κ1) is 13.5. The first-order chi connectivity index (χ1) is 8.22. The number of hydrogen-bond acceptors (Lipinski definition) is 4. The van der Waals surface area contributed by atoms with E-state index in [1.807, 2.05) is 25.1 Å². The molecule has 0 amide bonds. The van der Waals surface area contributed by atoms with Crippen molar-refractivity contribution >= 4 is 0 Å². The highest BCUT2D eigenvalue weighted by atomic mass is 16.5. The molecule has 1 aromatic rings. The van der Waals surface area contributed by atoms with Crippen molar-refractivity contribution in [3.05, 3.63) is 29.3 Å². The van der Waals surface area contributed by atoms with E-state index in [0.29, 0.717) is 13.0 Å². The van der Waals surface area contributed by atoms with Crippen LogP contribution < -0.4 is 4.74 Å². The number of rotatable bonds is 6. The van der Waals surface area contributed by atoms with E-state index in [9.17, 15) is 0 Å². The number of hydrogen-bond donors (Lipinski definition) is 1. The second-order valence-corrected chi connectivity index (χ2v) is 3.69. The van der Waals surface area contributed by atoms with E-state index in [2.05, 4.69) is 6.07 Å². The van der Waals surface area contributed by atoms with E-state index in [4.69, 9.17) is 19.8 Å². The average molecular weight is 235 g/mol. The second kappa shape index (κ2) is 6.89. The van der Waals surface area contributed by atoms with Crippen molar-refractivity contribution in [1.82, 2.24) is 0 Å². The molecule has 0 radical (unpaired) electrons. The Morgan fingerprint density at radius 3 is 2.76 bits per heavy atom. The van der Waals surface area contributed by atoms with Crippen LogP contribution in [-0.4, -0.2) is 25.4 Å². The molecule has 0 aliphatic heterocycles. The lowest BCUT2D eigenvalue weighted by atomic mass is 10.1. The van der Waals surface area contributed by atoms with E-state index in [-0.39, 0.29) is 6.61 Å². The van der Waals surface area contributed by atoms with Gasteiger partial charge in [0.15, 0.2) is 6.10 Å². The molecule has 0 heterocycles. The maximum Gasteiger partial charge on any atom is 0.169 e. The highest BCUT2D eigenvalue weighted by molar-refractivity contribution is 5.38. The van der Waals surface area contributed by atoms with Crippen molar-refractivity contribution < 1.29 is 14.6 Å². The van der Waals surface area contributed by atoms with Crippen LogP contribution in [0.3, 0.4) is 0 Å². The molecule has 1 unspecified atom stereocenters. The highest BCUT2D eigenvalue weighted by Crippen LogP contribution is 2.24. The number of aryl methyl sites for hydroxylation is 1. The zero-order chi connectivity index (χ0) is 12.7. The summed E-state index contributed by atoms with van der Waals surface area (Å²) in [6, 6.07) is 7.62. The van der Waals surface area contributed by atoms with Gasteiger partial charge in [0, 0.05) is 6.61 Å². The summed E-state index contributed by atoms with van der Waals surface area (Å²) in [7, 11) is 1.61. The van der Waals surface area contributed by atoms with Crippen molar-refractivity contribution in [2.24, 2.45) is 0 Å². The van der Waals surface area contributed by atoms with Gasteiger partial charge in [-0.1, -0.05) is 6.07 Å². The first-order valence-corrected chi connectivity index (χ1v) is 5.49. The molecule has 1 aromatic carbocycles. The molecule has 0 saturated heterocycles. The molecular weight excluding hydrogens is 218 g/mol. The molecule has 0 bridgehead atoms. The third-order valence-corrected chi connectivity index (χ3v) is 2.43. The number of ether oxygens (including phenoxy) is 2. The van der Waals surface area contributed by atoms with Gasteiger partial charge in [-0.25, -0.2) is 0 Å². The normalized spacial score (nSPS) is 11.9. The largest absolute Gasteiger partial charge is 0.496 e. The van der Waals surface area contributed by atoms with E-state index < -0.39 is 6.10 Å². The summed E-state index contributed by atoms with van der Waals surface area (Å²) in [6.45, 7) is 2.37. The second-order valence-electron chi connectivity index (χ2n) is 3.69. The molecule has 4 heteroatoms. The monoisotopic (exact) mass is 235 g/mol. The molecule has 0 aromatic heterocycles. The van der Waals surface area contributed by atoms with Crippen LogP contribution >= 0.6 is 0 Å². The smallest absolute Gasteiger partial charge is 0.169 e. The van der Waals surface area contributed by atoms with E-state index in [1.54, 1.807) is 7.11 Å². The van der Waals surface area contributed by atoms with Crippen LogP contribution in [0.25, 0.3) is 0 Å². The van der Waals surface area contributed by atoms with Crippen LogP contribution in [0.1, 0.15) is 23.7 Å². The molecule has 0 spiro atoms. The van der Waals surface area contributed by atoms with Gasteiger partial charge in [0.05, 0.1) is 19.8 Å². The fraction of sp³-hybridized carbons (Fsp3) is 0.462. The van der Waals surface area contributed by atoms with Crippen molar-refractivity contribution in [3.63, 3.8) is 0 Å². The Balaban J connectivity index is 2.75. The SMILES string of the molecule is COc1ccc(C(C#N)OCCCO)cc1C. The molecule has 0 fully saturated rings. The lowest BCUT2D eigenvalue weighted by Gasteiger charge is -2.12. The van der Waals surface area contributed by atoms with Gasteiger partial charge in [-0.05, 0) is 36.6 Å². The summed E-state index contributed by atoms with van der Waals surface area (Å²) < 4.78 is 10.5. The third kappa shape index (κ3) is 3.74.